The fourth-order valence-corrected chi connectivity index (χ4v) is 1.00. The highest BCUT2D eigenvalue weighted by Crippen LogP contribution is 2.08. The third-order valence-corrected chi connectivity index (χ3v) is 1.62. The number of aromatic nitrogens is 3. The molecule has 0 fully saturated rings. The van der Waals surface area contributed by atoms with Crippen molar-refractivity contribution >= 4 is 35.3 Å². The average Bonchev–Trinajstić information content (AvgIpc) is 2.23. The topological polar surface area (TPSA) is 149 Å². The molecule has 2 amide bonds. The summed E-state index contributed by atoms with van der Waals surface area (Å²) >= 11 is 5.61. The predicted molar refractivity (Wildman–Crippen MR) is 60.2 cm³/mol. The molecule has 0 aliphatic carbocycles. The third kappa shape index (κ3) is 4.93. The summed E-state index contributed by atoms with van der Waals surface area (Å²) in [6, 6.07) is 0. The number of hydrogen-bond acceptors (Lipinski definition) is 7. The Morgan fingerprint density at radius 3 is 1.76 bits per heavy atom. The van der Waals surface area contributed by atoms with Crippen LogP contribution < -0.4 is 22.1 Å². The lowest BCUT2D eigenvalue weighted by molar-refractivity contribution is -0.117. The van der Waals surface area contributed by atoms with Crippen LogP contribution in [0.4, 0.5) is 11.9 Å². The van der Waals surface area contributed by atoms with Crippen molar-refractivity contribution in [3.8, 4) is 0 Å². The maximum absolute atomic E-state index is 10.5. The highest BCUT2D eigenvalue weighted by atomic mass is 35.5. The Kier molecular flexibility index (Phi) is 4.40. The standard InChI is InChI=1S/C7H10ClN7O2/c8-5-13-6(11-1-3(9)16)15-7(14-5)12-2-4(10)17/h1-2H2,(H2,9,16)(H2,10,17)(H2,11,12,13,14,15). The van der Waals surface area contributed by atoms with Gasteiger partial charge in [0, 0.05) is 0 Å². The molecule has 0 radical (unpaired) electrons. The van der Waals surface area contributed by atoms with Crippen LogP contribution in [0.3, 0.4) is 0 Å². The number of carbonyl (C=O) groups excluding carboxylic acids is 2. The number of halogens is 1. The summed E-state index contributed by atoms with van der Waals surface area (Å²) in [5, 5.41) is 4.97. The van der Waals surface area contributed by atoms with Gasteiger partial charge in [0.25, 0.3) is 0 Å². The highest BCUT2D eigenvalue weighted by molar-refractivity contribution is 6.28. The molecule has 92 valence electrons. The molecule has 0 saturated heterocycles. The number of nitrogens with one attached hydrogen (secondary N) is 2. The van der Waals surface area contributed by atoms with E-state index in [2.05, 4.69) is 25.6 Å². The first-order valence-corrected chi connectivity index (χ1v) is 4.81. The Bertz CT molecular complexity index is 402. The van der Waals surface area contributed by atoms with Gasteiger partial charge in [0.1, 0.15) is 0 Å². The van der Waals surface area contributed by atoms with Gasteiger partial charge in [-0.15, -0.1) is 0 Å². The molecule has 0 aliphatic heterocycles. The van der Waals surface area contributed by atoms with Crippen LogP contribution >= 0.6 is 11.6 Å². The number of amides is 2. The summed E-state index contributed by atoms with van der Waals surface area (Å²) in [4.78, 5) is 32.3. The Labute approximate surface area is 101 Å². The molecule has 0 saturated carbocycles. The van der Waals surface area contributed by atoms with Crippen molar-refractivity contribution in [1.29, 1.82) is 0 Å². The van der Waals surface area contributed by atoms with E-state index in [9.17, 15) is 9.59 Å². The quantitative estimate of drug-likeness (QED) is 0.476. The van der Waals surface area contributed by atoms with Crippen molar-refractivity contribution in [3.05, 3.63) is 5.28 Å². The maximum Gasteiger partial charge on any atom is 0.236 e. The smallest absolute Gasteiger partial charge is 0.236 e. The number of rotatable bonds is 6. The van der Waals surface area contributed by atoms with E-state index < -0.39 is 11.8 Å². The average molecular weight is 260 g/mol. The number of anilines is 2. The normalized spacial score (nSPS) is 9.71. The first-order chi connectivity index (χ1) is 7.97. The molecule has 0 atom stereocenters. The van der Waals surface area contributed by atoms with Crippen LogP contribution in [0.2, 0.25) is 5.28 Å². The van der Waals surface area contributed by atoms with E-state index >= 15 is 0 Å². The summed E-state index contributed by atoms with van der Waals surface area (Å²) in [5.41, 5.74) is 9.86. The zero-order valence-electron chi connectivity index (χ0n) is 8.61. The minimum absolute atomic E-state index is 0.0655. The zero-order chi connectivity index (χ0) is 12.8. The van der Waals surface area contributed by atoms with Gasteiger partial charge < -0.3 is 22.1 Å². The van der Waals surface area contributed by atoms with E-state index in [1.54, 1.807) is 0 Å². The summed E-state index contributed by atoms with van der Waals surface area (Å²) in [5.74, 6) is -1.02. The van der Waals surface area contributed by atoms with Crippen molar-refractivity contribution in [2.75, 3.05) is 23.7 Å². The molecular weight excluding hydrogens is 250 g/mol. The lowest BCUT2D eigenvalue weighted by atomic mass is 10.6. The molecule has 6 N–H and O–H groups in total. The van der Waals surface area contributed by atoms with E-state index in [0.717, 1.165) is 0 Å². The first kappa shape index (κ1) is 12.9. The van der Waals surface area contributed by atoms with Crippen molar-refractivity contribution in [1.82, 2.24) is 15.0 Å². The summed E-state index contributed by atoms with van der Waals surface area (Å²) in [6.45, 7) is -0.287. The second-order valence-corrected chi connectivity index (χ2v) is 3.23. The molecule has 1 aromatic heterocycles. The van der Waals surface area contributed by atoms with Gasteiger partial charge in [0.2, 0.25) is 29.0 Å². The van der Waals surface area contributed by atoms with Crippen molar-refractivity contribution in [2.45, 2.75) is 0 Å². The van der Waals surface area contributed by atoms with Crippen LogP contribution in [0.15, 0.2) is 0 Å². The Morgan fingerprint density at radius 1 is 1.00 bits per heavy atom. The third-order valence-electron chi connectivity index (χ3n) is 1.45. The molecule has 9 nitrogen and oxygen atoms in total. The Morgan fingerprint density at radius 2 is 1.41 bits per heavy atom. The minimum atomic E-state index is -0.576. The van der Waals surface area contributed by atoms with Crippen LogP contribution in [0, 0.1) is 0 Å². The molecule has 0 aromatic carbocycles. The largest absolute Gasteiger partial charge is 0.368 e. The van der Waals surface area contributed by atoms with Crippen molar-refractivity contribution < 1.29 is 9.59 Å². The highest BCUT2D eigenvalue weighted by Gasteiger charge is 2.06. The Hall–Kier alpha value is -2.16. The molecule has 17 heavy (non-hydrogen) atoms. The summed E-state index contributed by atoms with van der Waals surface area (Å²) < 4.78 is 0. The fourth-order valence-electron chi connectivity index (χ4n) is 0.841. The van der Waals surface area contributed by atoms with E-state index in [1.165, 1.54) is 0 Å². The molecule has 1 heterocycles. The van der Waals surface area contributed by atoms with E-state index in [1.807, 2.05) is 0 Å². The maximum atomic E-state index is 10.5. The van der Waals surface area contributed by atoms with Gasteiger partial charge >= 0.3 is 0 Å². The summed E-state index contributed by atoms with van der Waals surface area (Å²) in [7, 11) is 0. The van der Waals surface area contributed by atoms with Gasteiger partial charge in [-0.1, -0.05) is 0 Å². The monoisotopic (exact) mass is 259 g/mol. The van der Waals surface area contributed by atoms with Crippen LogP contribution in [-0.2, 0) is 9.59 Å². The lowest BCUT2D eigenvalue weighted by Crippen LogP contribution is -2.24. The summed E-state index contributed by atoms with van der Waals surface area (Å²) in [6.07, 6.45) is 0. The van der Waals surface area contributed by atoms with Gasteiger partial charge in [-0.25, -0.2) is 0 Å². The minimum Gasteiger partial charge on any atom is -0.368 e. The van der Waals surface area contributed by atoms with E-state index in [0.29, 0.717) is 0 Å². The SMILES string of the molecule is NC(=O)CNc1nc(Cl)nc(NCC(N)=O)n1. The van der Waals surface area contributed by atoms with Crippen LogP contribution in [0.25, 0.3) is 0 Å². The number of carbonyl (C=O) groups is 2. The van der Waals surface area contributed by atoms with Crippen LogP contribution in [0.5, 0.6) is 0 Å². The number of primary amides is 2. The van der Waals surface area contributed by atoms with Gasteiger partial charge in [-0.3, -0.25) is 9.59 Å². The van der Waals surface area contributed by atoms with E-state index in [4.69, 9.17) is 23.1 Å². The Balaban J connectivity index is 2.71. The fraction of sp³-hybridized carbons (Fsp3) is 0.286. The van der Waals surface area contributed by atoms with Gasteiger partial charge in [0.15, 0.2) is 0 Å². The van der Waals surface area contributed by atoms with Crippen LogP contribution in [0.1, 0.15) is 0 Å². The van der Waals surface area contributed by atoms with Gasteiger partial charge in [-0.2, -0.15) is 15.0 Å². The molecular formula is C7H10ClN7O2. The van der Waals surface area contributed by atoms with Gasteiger partial charge in [-0.05, 0) is 11.6 Å². The van der Waals surface area contributed by atoms with Crippen molar-refractivity contribution in [2.24, 2.45) is 11.5 Å². The number of nitrogens with zero attached hydrogens (tertiary/aromatic N) is 3. The van der Waals surface area contributed by atoms with Gasteiger partial charge in [0.05, 0.1) is 13.1 Å². The molecule has 0 aliphatic rings. The zero-order valence-corrected chi connectivity index (χ0v) is 9.36. The molecule has 0 bridgehead atoms. The van der Waals surface area contributed by atoms with Crippen LogP contribution in [-0.4, -0.2) is 39.9 Å². The number of hydrogen-bond donors (Lipinski definition) is 4. The molecule has 1 rings (SSSR count). The van der Waals surface area contributed by atoms with Crippen molar-refractivity contribution in [3.63, 3.8) is 0 Å². The predicted octanol–water partition coefficient (Wildman–Crippen LogP) is -1.68. The second-order valence-electron chi connectivity index (χ2n) is 2.89. The lowest BCUT2D eigenvalue weighted by Gasteiger charge is -2.05. The van der Waals surface area contributed by atoms with E-state index in [-0.39, 0.29) is 30.3 Å². The molecule has 1 aromatic rings. The second kappa shape index (κ2) is 5.80. The number of nitrogens with two attached hydrogens (primary N) is 2. The molecule has 0 spiro atoms. The first-order valence-electron chi connectivity index (χ1n) is 4.43. The molecule has 10 heteroatoms. The molecule has 0 unspecified atom stereocenters.